The molecular formula is C18H22N2O5S. The molecule has 2 aromatic rings. The molecule has 3 heterocycles. The van der Waals surface area contributed by atoms with Crippen LogP contribution >= 0.6 is 0 Å². The monoisotopic (exact) mass is 378 g/mol. The standard InChI is InChI=1S/C18H22N2O5S/c21-18(22)5-6-19-7-8-20(16-12-26(23,24)11-15(16)19)10-14-9-13-3-1-2-4-17(13)25-14/h1-4,9,15-16H,5-8,10-12H2,(H,21,22)/t15-,16+/m1/s1. The van der Waals surface area contributed by atoms with Crippen molar-refractivity contribution in [1.29, 1.82) is 0 Å². The smallest absolute Gasteiger partial charge is 0.304 e. The first-order chi connectivity index (χ1) is 12.4. The Balaban J connectivity index is 1.53. The Labute approximate surface area is 152 Å². The minimum absolute atomic E-state index is 0.0346. The fraction of sp³-hybridized carbons (Fsp3) is 0.500. The van der Waals surface area contributed by atoms with E-state index in [9.17, 15) is 13.2 Å². The minimum atomic E-state index is -3.11. The number of benzene rings is 1. The van der Waals surface area contributed by atoms with Gasteiger partial charge in [-0.3, -0.25) is 14.6 Å². The summed E-state index contributed by atoms with van der Waals surface area (Å²) in [5.74, 6) is 0.204. The van der Waals surface area contributed by atoms with Crippen LogP contribution in [-0.4, -0.2) is 72.5 Å². The molecule has 0 saturated carbocycles. The van der Waals surface area contributed by atoms with E-state index < -0.39 is 15.8 Å². The third-order valence-electron chi connectivity index (χ3n) is 5.35. The average molecular weight is 378 g/mol. The predicted molar refractivity (Wildman–Crippen MR) is 96.7 cm³/mol. The Bertz CT molecular complexity index is 890. The van der Waals surface area contributed by atoms with Crippen LogP contribution in [0.4, 0.5) is 0 Å². The molecule has 0 radical (unpaired) electrons. The van der Waals surface area contributed by atoms with Crippen molar-refractivity contribution in [3.05, 3.63) is 36.1 Å². The molecule has 8 heteroatoms. The van der Waals surface area contributed by atoms with Crippen LogP contribution in [0.5, 0.6) is 0 Å². The van der Waals surface area contributed by atoms with Crippen LogP contribution in [0.2, 0.25) is 0 Å². The topological polar surface area (TPSA) is 91.1 Å². The van der Waals surface area contributed by atoms with Crippen LogP contribution in [0.3, 0.4) is 0 Å². The number of piperazine rings is 1. The molecule has 1 aromatic heterocycles. The molecule has 2 aliphatic rings. The third-order valence-corrected chi connectivity index (χ3v) is 7.05. The molecule has 2 fully saturated rings. The molecule has 1 aromatic carbocycles. The minimum Gasteiger partial charge on any atom is -0.481 e. The van der Waals surface area contributed by atoms with Gasteiger partial charge in [-0.05, 0) is 12.1 Å². The summed E-state index contributed by atoms with van der Waals surface area (Å²) in [6.45, 7) is 2.33. The zero-order valence-electron chi connectivity index (χ0n) is 14.4. The number of nitrogens with zero attached hydrogens (tertiary/aromatic N) is 2. The second-order valence-corrected chi connectivity index (χ2v) is 9.27. The van der Waals surface area contributed by atoms with Crippen LogP contribution in [0, 0.1) is 0 Å². The van der Waals surface area contributed by atoms with Crippen molar-refractivity contribution in [2.24, 2.45) is 0 Å². The van der Waals surface area contributed by atoms with Gasteiger partial charge >= 0.3 is 5.97 Å². The van der Waals surface area contributed by atoms with E-state index in [2.05, 4.69) is 4.90 Å². The van der Waals surface area contributed by atoms with Crippen molar-refractivity contribution < 1.29 is 22.7 Å². The van der Waals surface area contributed by atoms with Crippen LogP contribution < -0.4 is 0 Å². The van der Waals surface area contributed by atoms with Gasteiger partial charge in [0, 0.05) is 37.1 Å². The van der Waals surface area contributed by atoms with Crippen molar-refractivity contribution in [2.45, 2.75) is 25.0 Å². The number of fused-ring (bicyclic) bond motifs is 2. The highest BCUT2D eigenvalue weighted by Gasteiger charge is 2.46. The van der Waals surface area contributed by atoms with Gasteiger partial charge in [0.15, 0.2) is 9.84 Å². The molecule has 2 aliphatic heterocycles. The highest BCUT2D eigenvalue weighted by Crippen LogP contribution is 2.29. The Morgan fingerprint density at radius 3 is 2.58 bits per heavy atom. The SMILES string of the molecule is O=C(O)CCN1CCN(Cc2cc3ccccc3o2)[C@H]2CS(=O)(=O)C[C@H]21. The first-order valence-electron chi connectivity index (χ1n) is 8.79. The Morgan fingerprint density at radius 1 is 1.15 bits per heavy atom. The van der Waals surface area contributed by atoms with Crippen LogP contribution in [0.1, 0.15) is 12.2 Å². The van der Waals surface area contributed by atoms with E-state index in [-0.39, 0.29) is 30.0 Å². The molecule has 4 rings (SSSR count). The lowest BCUT2D eigenvalue weighted by molar-refractivity contribution is -0.137. The highest BCUT2D eigenvalue weighted by atomic mass is 32.2. The summed E-state index contributed by atoms with van der Waals surface area (Å²) in [4.78, 5) is 15.1. The molecule has 26 heavy (non-hydrogen) atoms. The summed E-state index contributed by atoms with van der Waals surface area (Å²) >= 11 is 0. The van der Waals surface area contributed by atoms with Gasteiger partial charge in [-0.2, -0.15) is 0 Å². The lowest BCUT2D eigenvalue weighted by Crippen LogP contribution is -2.58. The molecule has 0 bridgehead atoms. The lowest BCUT2D eigenvalue weighted by Gasteiger charge is -2.43. The number of aliphatic carboxylic acids is 1. The van der Waals surface area contributed by atoms with E-state index in [4.69, 9.17) is 9.52 Å². The third kappa shape index (κ3) is 3.49. The van der Waals surface area contributed by atoms with Crippen molar-refractivity contribution in [1.82, 2.24) is 9.80 Å². The molecular weight excluding hydrogens is 356 g/mol. The summed E-state index contributed by atoms with van der Waals surface area (Å²) in [5.41, 5.74) is 0.832. The van der Waals surface area contributed by atoms with Gasteiger partial charge in [0.2, 0.25) is 0 Å². The fourth-order valence-corrected chi connectivity index (χ4v) is 6.17. The van der Waals surface area contributed by atoms with Crippen LogP contribution in [-0.2, 0) is 21.2 Å². The zero-order chi connectivity index (χ0) is 18.3. The van der Waals surface area contributed by atoms with E-state index in [1.54, 1.807) is 0 Å². The molecule has 0 amide bonds. The van der Waals surface area contributed by atoms with Crippen molar-refractivity contribution >= 4 is 26.8 Å². The van der Waals surface area contributed by atoms with Crippen molar-refractivity contribution in [3.8, 4) is 0 Å². The molecule has 2 saturated heterocycles. The van der Waals surface area contributed by atoms with E-state index in [0.29, 0.717) is 26.2 Å². The van der Waals surface area contributed by atoms with Gasteiger partial charge in [0.05, 0.1) is 24.5 Å². The van der Waals surface area contributed by atoms with E-state index >= 15 is 0 Å². The van der Waals surface area contributed by atoms with Gasteiger partial charge in [0.1, 0.15) is 11.3 Å². The molecule has 0 unspecified atom stereocenters. The summed E-state index contributed by atoms with van der Waals surface area (Å²) in [7, 11) is -3.11. The number of carboxylic acid groups (broad SMARTS) is 1. The largest absolute Gasteiger partial charge is 0.481 e. The second-order valence-electron chi connectivity index (χ2n) is 7.11. The van der Waals surface area contributed by atoms with Gasteiger partial charge < -0.3 is 9.52 Å². The number of sulfone groups is 1. The molecule has 140 valence electrons. The summed E-state index contributed by atoms with van der Waals surface area (Å²) < 4.78 is 30.3. The Hall–Kier alpha value is -1.90. The first-order valence-corrected chi connectivity index (χ1v) is 10.6. The second kappa shape index (κ2) is 6.68. The van der Waals surface area contributed by atoms with Gasteiger partial charge in [-0.15, -0.1) is 0 Å². The Morgan fingerprint density at radius 2 is 1.85 bits per heavy atom. The number of hydrogen-bond donors (Lipinski definition) is 1. The summed E-state index contributed by atoms with van der Waals surface area (Å²) in [6, 6.07) is 9.55. The quantitative estimate of drug-likeness (QED) is 0.836. The van der Waals surface area contributed by atoms with Gasteiger partial charge in [-0.1, -0.05) is 18.2 Å². The number of carboxylic acids is 1. The maximum Gasteiger partial charge on any atom is 0.304 e. The predicted octanol–water partition coefficient (Wildman–Crippen LogP) is 1.19. The van der Waals surface area contributed by atoms with Gasteiger partial charge in [-0.25, -0.2) is 8.42 Å². The molecule has 7 nitrogen and oxygen atoms in total. The summed E-state index contributed by atoms with van der Waals surface area (Å²) in [5, 5.41) is 9.98. The summed E-state index contributed by atoms with van der Waals surface area (Å²) in [6.07, 6.45) is 0.0346. The molecule has 1 N–H and O–H groups in total. The lowest BCUT2D eigenvalue weighted by atomic mass is 10.0. The number of rotatable bonds is 5. The molecule has 0 aliphatic carbocycles. The molecule has 0 spiro atoms. The van der Waals surface area contributed by atoms with Crippen LogP contribution in [0.25, 0.3) is 11.0 Å². The van der Waals surface area contributed by atoms with E-state index in [1.807, 2.05) is 35.2 Å². The maximum atomic E-state index is 12.2. The molecule has 2 atom stereocenters. The zero-order valence-corrected chi connectivity index (χ0v) is 15.2. The Kier molecular flexibility index (Phi) is 4.50. The first kappa shape index (κ1) is 17.5. The number of para-hydroxylation sites is 1. The van der Waals surface area contributed by atoms with Crippen molar-refractivity contribution in [2.75, 3.05) is 31.1 Å². The maximum absolute atomic E-state index is 12.2. The fourth-order valence-electron chi connectivity index (χ4n) is 4.12. The van der Waals surface area contributed by atoms with Crippen LogP contribution in [0.15, 0.2) is 34.7 Å². The number of carbonyl (C=O) groups is 1. The highest BCUT2D eigenvalue weighted by molar-refractivity contribution is 7.91. The van der Waals surface area contributed by atoms with Crippen molar-refractivity contribution in [3.63, 3.8) is 0 Å². The number of hydrogen-bond acceptors (Lipinski definition) is 6. The van der Waals surface area contributed by atoms with Gasteiger partial charge in [0.25, 0.3) is 0 Å². The average Bonchev–Trinajstić information content (AvgIpc) is 3.13. The normalized spacial score (nSPS) is 26.2. The number of furan rings is 1. The van der Waals surface area contributed by atoms with E-state index in [0.717, 1.165) is 16.7 Å². The van der Waals surface area contributed by atoms with E-state index in [1.165, 1.54) is 0 Å².